The van der Waals surface area contributed by atoms with Crippen molar-refractivity contribution in [1.82, 2.24) is 15.1 Å². The summed E-state index contributed by atoms with van der Waals surface area (Å²) in [6.45, 7) is 1.41. The third-order valence-electron chi connectivity index (χ3n) is 7.88. The van der Waals surface area contributed by atoms with Gasteiger partial charge in [0.15, 0.2) is 5.69 Å². The Morgan fingerprint density at radius 1 is 0.913 bits per heavy atom. The average Bonchev–Trinajstić information content (AvgIpc) is 3.78. The first-order chi connectivity index (χ1) is 22.3. The summed E-state index contributed by atoms with van der Waals surface area (Å²) in [6.07, 6.45) is -2.39. The third-order valence-corrected chi connectivity index (χ3v) is 7.88. The average molecular weight is 626 g/mol. The summed E-state index contributed by atoms with van der Waals surface area (Å²) in [5, 5.41) is 10.2. The molecule has 7 nitrogen and oxygen atoms in total. The van der Waals surface area contributed by atoms with Crippen molar-refractivity contribution in [2.45, 2.75) is 38.2 Å². The molecule has 0 spiro atoms. The van der Waals surface area contributed by atoms with Gasteiger partial charge in [0.25, 0.3) is 5.91 Å². The normalized spacial score (nSPS) is 13.7. The lowest BCUT2D eigenvalue weighted by atomic mass is 9.97. The Morgan fingerprint density at radius 3 is 2.41 bits per heavy atom. The summed E-state index contributed by atoms with van der Waals surface area (Å²) in [5.74, 6) is 0.605. The van der Waals surface area contributed by atoms with Gasteiger partial charge in [0, 0.05) is 23.9 Å². The maximum Gasteiger partial charge on any atom is 0.435 e. The van der Waals surface area contributed by atoms with Gasteiger partial charge in [0.05, 0.1) is 11.7 Å². The maximum atomic E-state index is 13.7. The quantitative estimate of drug-likeness (QED) is 0.136. The number of carbonyl (C=O) groups is 1. The fourth-order valence-electron chi connectivity index (χ4n) is 5.28. The van der Waals surface area contributed by atoms with Crippen LogP contribution in [-0.2, 0) is 19.3 Å². The minimum absolute atomic E-state index is 0.186. The molecule has 4 N–H and O–H groups in total. The summed E-state index contributed by atoms with van der Waals surface area (Å²) >= 11 is 0. The summed E-state index contributed by atoms with van der Waals surface area (Å²) in [5.41, 5.74) is 8.61. The van der Waals surface area contributed by atoms with Gasteiger partial charge in [0.1, 0.15) is 18.1 Å². The maximum absolute atomic E-state index is 13.7. The number of benzene rings is 4. The van der Waals surface area contributed by atoms with E-state index in [9.17, 15) is 18.0 Å². The number of amides is 1. The molecule has 0 bridgehead atoms. The van der Waals surface area contributed by atoms with Crippen LogP contribution < -0.4 is 21.1 Å². The van der Waals surface area contributed by atoms with Crippen LogP contribution in [0.25, 0.3) is 5.69 Å². The van der Waals surface area contributed by atoms with Crippen molar-refractivity contribution in [2.75, 3.05) is 11.9 Å². The summed E-state index contributed by atoms with van der Waals surface area (Å²) in [6, 6.07) is 32.2. The number of rotatable bonds is 12. The van der Waals surface area contributed by atoms with Crippen molar-refractivity contribution in [1.29, 1.82) is 0 Å². The molecule has 1 aliphatic carbocycles. The lowest BCUT2D eigenvalue weighted by Crippen LogP contribution is -2.25. The Hall–Kier alpha value is -4.93. The van der Waals surface area contributed by atoms with E-state index in [1.54, 1.807) is 30.3 Å². The van der Waals surface area contributed by atoms with Crippen LogP contribution in [0.15, 0.2) is 109 Å². The first kappa shape index (κ1) is 31.1. The molecule has 1 saturated carbocycles. The molecule has 1 aromatic heterocycles. The van der Waals surface area contributed by atoms with Gasteiger partial charge in [-0.25, -0.2) is 4.68 Å². The largest absolute Gasteiger partial charge is 0.489 e. The molecular weight excluding hydrogens is 591 g/mol. The zero-order chi connectivity index (χ0) is 32.1. The van der Waals surface area contributed by atoms with Gasteiger partial charge in [-0.15, -0.1) is 0 Å². The number of nitrogens with one attached hydrogen (secondary N) is 2. The highest BCUT2D eigenvalue weighted by Gasteiger charge is 2.36. The molecule has 1 atom stereocenters. The standard InChI is InChI=1S/C36H34F3N5O2/c37-36(38,39)33-20-31(44(43-33)29-13-6-10-26(18-29)21-40)35(45)42-28-12-7-11-27(19-28)34(41-22-24-16-17-24)30-14-4-5-15-32(30)46-23-25-8-2-1-3-9-25/h1-15,18-20,24,34,41H,16-17,21-23,40H2,(H,42,45). The molecule has 1 amide bonds. The lowest BCUT2D eigenvalue weighted by Gasteiger charge is -2.23. The fourth-order valence-corrected chi connectivity index (χ4v) is 5.28. The number of aromatic nitrogens is 2. The number of alkyl halides is 3. The second-order valence-corrected chi connectivity index (χ2v) is 11.4. The minimum atomic E-state index is -4.73. The van der Waals surface area contributed by atoms with E-state index in [2.05, 4.69) is 15.7 Å². The highest BCUT2D eigenvalue weighted by Crippen LogP contribution is 2.35. The fraction of sp³-hybridized carbons (Fsp3) is 0.222. The Morgan fingerprint density at radius 2 is 1.65 bits per heavy atom. The Balaban J connectivity index is 1.29. The number of hydrogen-bond acceptors (Lipinski definition) is 5. The molecule has 1 aliphatic rings. The summed E-state index contributed by atoms with van der Waals surface area (Å²) < 4.78 is 48.4. The summed E-state index contributed by atoms with van der Waals surface area (Å²) in [7, 11) is 0. The molecule has 1 fully saturated rings. The van der Waals surface area contributed by atoms with Gasteiger partial charge in [-0.1, -0.05) is 72.8 Å². The molecule has 0 aliphatic heterocycles. The van der Waals surface area contributed by atoms with E-state index in [1.165, 1.54) is 12.8 Å². The first-order valence-electron chi connectivity index (χ1n) is 15.2. The molecule has 5 aromatic rings. The van der Waals surface area contributed by atoms with Crippen LogP contribution in [0.2, 0.25) is 0 Å². The highest BCUT2D eigenvalue weighted by molar-refractivity contribution is 6.03. The molecular formula is C36H34F3N5O2. The number of nitrogens with zero attached hydrogens (tertiary/aromatic N) is 2. The van der Waals surface area contributed by atoms with Crippen molar-refractivity contribution >= 4 is 11.6 Å². The Labute approximate surface area is 265 Å². The Bertz CT molecular complexity index is 1800. The highest BCUT2D eigenvalue weighted by atomic mass is 19.4. The molecule has 4 aromatic carbocycles. The number of ether oxygens (including phenoxy) is 1. The first-order valence-corrected chi connectivity index (χ1v) is 15.2. The zero-order valence-corrected chi connectivity index (χ0v) is 25.0. The molecule has 6 rings (SSSR count). The van der Waals surface area contributed by atoms with Crippen LogP contribution in [0.5, 0.6) is 5.75 Å². The van der Waals surface area contributed by atoms with E-state index < -0.39 is 17.8 Å². The van der Waals surface area contributed by atoms with Crippen molar-refractivity contribution in [3.8, 4) is 11.4 Å². The number of nitrogens with two attached hydrogens (primary N) is 1. The van der Waals surface area contributed by atoms with E-state index in [-0.39, 0.29) is 18.3 Å². The van der Waals surface area contributed by atoms with Gasteiger partial charge >= 0.3 is 6.18 Å². The van der Waals surface area contributed by atoms with Crippen LogP contribution >= 0.6 is 0 Å². The number of anilines is 1. The predicted octanol–water partition coefficient (Wildman–Crippen LogP) is 7.27. The molecule has 10 heteroatoms. The van der Waals surface area contributed by atoms with Gasteiger partial charge < -0.3 is 21.1 Å². The monoisotopic (exact) mass is 625 g/mol. The molecule has 1 unspecified atom stereocenters. The van der Waals surface area contributed by atoms with Gasteiger partial charge in [0.2, 0.25) is 0 Å². The SMILES string of the molecule is NCc1cccc(-n2nc(C(F)(F)F)cc2C(=O)Nc2cccc(C(NCC3CC3)c3ccccc3OCc3ccccc3)c2)c1. The van der Waals surface area contributed by atoms with Crippen LogP contribution in [0.1, 0.15) is 57.3 Å². The van der Waals surface area contributed by atoms with E-state index in [0.717, 1.165) is 39.7 Å². The van der Waals surface area contributed by atoms with Crippen molar-refractivity contribution in [2.24, 2.45) is 11.7 Å². The second kappa shape index (κ2) is 13.6. The van der Waals surface area contributed by atoms with E-state index in [4.69, 9.17) is 10.5 Å². The van der Waals surface area contributed by atoms with Gasteiger partial charge in [-0.05, 0) is 72.3 Å². The Kier molecular flexibility index (Phi) is 9.18. The van der Waals surface area contributed by atoms with E-state index in [1.807, 2.05) is 72.8 Å². The zero-order valence-electron chi connectivity index (χ0n) is 25.0. The van der Waals surface area contributed by atoms with Crippen molar-refractivity contribution < 1.29 is 22.7 Å². The smallest absolute Gasteiger partial charge is 0.435 e. The van der Waals surface area contributed by atoms with E-state index in [0.29, 0.717) is 29.5 Å². The van der Waals surface area contributed by atoms with Crippen LogP contribution in [0.4, 0.5) is 18.9 Å². The molecule has 1 heterocycles. The van der Waals surface area contributed by atoms with Gasteiger partial charge in [-0.3, -0.25) is 4.79 Å². The minimum Gasteiger partial charge on any atom is -0.489 e. The van der Waals surface area contributed by atoms with Crippen LogP contribution in [0.3, 0.4) is 0 Å². The molecule has 236 valence electrons. The van der Waals surface area contributed by atoms with Gasteiger partial charge in [-0.2, -0.15) is 18.3 Å². The number of halogens is 3. The predicted molar refractivity (Wildman–Crippen MR) is 171 cm³/mol. The van der Waals surface area contributed by atoms with Crippen molar-refractivity contribution in [3.05, 3.63) is 143 Å². The van der Waals surface area contributed by atoms with Crippen LogP contribution in [-0.4, -0.2) is 22.2 Å². The molecule has 0 saturated heterocycles. The number of hydrogen-bond donors (Lipinski definition) is 3. The molecule has 0 radical (unpaired) electrons. The summed E-state index contributed by atoms with van der Waals surface area (Å²) in [4.78, 5) is 13.6. The molecule has 46 heavy (non-hydrogen) atoms. The van der Waals surface area contributed by atoms with Crippen LogP contribution in [0, 0.1) is 5.92 Å². The van der Waals surface area contributed by atoms with Crippen molar-refractivity contribution in [3.63, 3.8) is 0 Å². The lowest BCUT2D eigenvalue weighted by molar-refractivity contribution is -0.141. The number of carbonyl (C=O) groups excluding carboxylic acids is 1. The third kappa shape index (κ3) is 7.47. The number of para-hydroxylation sites is 1. The topological polar surface area (TPSA) is 94.2 Å². The van der Waals surface area contributed by atoms with E-state index >= 15 is 0 Å². The second-order valence-electron chi connectivity index (χ2n) is 11.4.